The van der Waals surface area contributed by atoms with E-state index in [-0.39, 0.29) is 11.3 Å². The van der Waals surface area contributed by atoms with Crippen LogP contribution in [0.3, 0.4) is 0 Å². The summed E-state index contributed by atoms with van der Waals surface area (Å²) in [6.45, 7) is 5.59. The Morgan fingerprint density at radius 3 is 2.07 bits per heavy atom. The third-order valence-electron chi connectivity index (χ3n) is 2.76. The third kappa shape index (κ3) is 4.18. The number of amides is 1. The summed E-state index contributed by atoms with van der Waals surface area (Å²) in [6.07, 6.45) is 3.67. The molecule has 5 N–H and O–H groups in total. The molecule has 0 aromatic heterocycles. The first kappa shape index (κ1) is 14.4. The Kier molecular flexibility index (Phi) is 7.34. The highest BCUT2D eigenvalue weighted by atomic mass is 16.2. The monoisotopic (exact) mass is 215 g/mol. The van der Waals surface area contributed by atoms with Gasteiger partial charge in [-0.2, -0.15) is 0 Å². The predicted molar refractivity (Wildman–Crippen MR) is 63.4 cm³/mol. The lowest BCUT2D eigenvalue weighted by Crippen LogP contribution is -2.47. The lowest BCUT2D eigenvalue weighted by molar-refractivity contribution is -0.131. The summed E-state index contributed by atoms with van der Waals surface area (Å²) in [6, 6.07) is 0. The SMILES string of the molecule is CCCC(CN)(CCC)C(=O)NCCN. The van der Waals surface area contributed by atoms with Crippen molar-refractivity contribution in [2.24, 2.45) is 16.9 Å². The number of hydrogen-bond donors (Lipinski definition) is 3. The van der Waals surface area contributed by atoms with Crippen LogP contribution >= 0.6 is 0 Å². The molecule has 0 saturated heterocycles. The fraction of sp³-hybridized carbons (Fsp3) is 0.909. The standard InChI is InChI=1S/C11H25N3O/c1-3-5-11(9-13,6-4-2)10(15)14-8-7-12/h3-9,12-13H2,1-2H3,(H,14,15). The van der Waals surface area contributed by atoms with Crippen molar-refractivity contribution in [3.63, 3.8) is 0 Å². The number of nitrogens with two attached hydrogens (primary N) is 2. The zero-order valence-electron chi connectivity index (χ0n) is 10.0. The van der Waals surface area contributed by atoms with E-state index in [1.807, 2.05) is 0 Å². The van der Waals surface area contributed by atoms with Crippen molar-refractivity contribution in [1.82, 2.24) is 5.32 Å². The zero-order valence-corrected chi connectivity index (χ0v) is 10.0. The minimum atomic E-state index is -0.376. The number of carbonyl (C=O) groups is 1. The van der Waals surface area contributed by atoms with Gasteiger partial charge in [0.2, 0.25) is 5.91 Å². The van der Waals surface area contributed by atoms with Crippen molar-refractivity contribution in [2.75, 3.05) is 19.6 Å². The van der Waals surface area contributed by atoms with Crippen LogP contribution in [0.25, 0.3) is 0 Å². The maximum atomic E-state index is 12.0. The molecule has 0 aliphatic carbocycles. The van der Waals surface area contributed by atoms with Crippen LogP contribution in [0.4, 0.5) is 0 Å². The van der Waals surface area contributed by atoms with E-state index < -0.39 is 0 Å². The highest BCUT2D eigenvalue weighted by molar-refractivity contribution is 5.82. The molecule has 0 unspecified atom stereocenters. The lowest BCUT2D eigenvalue weighted by atomic mass is 9.78. The van der Waals surface area contributed by atoms with Gasteiger partial charge >= 0.3 is 0 Å². The van der Waals surface area contributed by atoms with Crippen LogP contribution in [-0.2, 0) is 4.79 Å². The van der Waals surface area contributed by atoms with Gasteiger partial charge in [-0.3, -0.25) is 4.79 Å². The second kappa shape index (κ2) is 7.65. The molecule has 0 aromatic carbocycles. The Balaban J connectivity index is 4.48. The van der Waals surface area contributed by atoms with Gasteiger partial charge in [0.1, 0.15) is 0 Å². The quantitative estimate of drug-likeness (QED) is 0.555. The highest BCUT2D eigenvalue weighted by Crippen LogP contribution is 2.28. The Labute approximate surface area is 92.8 Å². The van der Waals surface area contributed by atoms with Crippen molar-refractivity contribution in [2.45, 2.75) is 39.5 Å². The average molecular weight is 215 g/mol. The number of rotatable bonds is 8. The summed E-state index contributed by atoms with van der Waals surface area (Å²) in [5.74, 6) is 0.0687. The maximum absolute atomic E-state index is 12.0. The van der Waals surface area contributed by atoms with E-state index in [2.05, 4.69) is 19.2 Å². The lowest BCUT2D eigenvalue weighted by Gasteiger charge is -2.30. The topological polar surface area (TPSA) is 81.1 Å². The molecule has 0 radical (unpaired) electrons. The minimum absolute atomic E-state index is 0.0687. The van der Waals surface area contributed by atoms with Crippen molar-refractivity contribution in [3.05, 3.63) is 0 Å². The number of carbonyl (C=O) groups excluding carboxylic acids is 1. The fourth-order valence-corrected chi connectivity index (χ4v) is 1.98. The Morgan fingerprint density at radius 2 is 1.73 bits per heavy atom. The first-order valence-corrected chi connectivity index (χ1v) is 5.85. The largest absolute Gasteiger partial charge is 0.354 e. The molecule has 0 aliphatic rings. The normalized spacial score (nSPS) is 11.5. The van der Waals surface area contributed by atoms with E-state index in [0.29, 0.717) is 19.6 Å². The zero-order chi connectivity index (χ0) is 11.7. The molecule has 0 spiro atoms. The summed E-state index contributed by atoms with van der Waals surface area (Å²) in [4.78, 5) is 12.0. The van der Waals surface area contributed by atoms with Gasteiger partial charge in [-0.1, -0.05) is 26.7 Å². The van der Waals surface area contributed by atoms with Gasteiger partial charge in [-0.15, -0.1) is 0 Å². The molecule has 0 fully saturated rings. The van der Waals surface area contributed by atoms with E-state index in [9.17, 15) is 4.79 Å². The predicted octanol–water partition coefficient (Wildman–Crippen LogP) is 0.607. The number of nitrogens with one attached hydrogen (secondary N) is 1. The van der Waals surface area contributed by atoms with Crippen molar-refractivity contribution < 1.29 is 4.79 Å². The summed E-state index contributed by atoms with van der Waals surface area (Å²) >= 11 is 0. The van der Waals surface area contributed by atoms with E-state index in [1.54, 1.807) is 0 Å². The molecule has 0 aliphatic heterocycles. The van der Waals surface area contributed by atoms with E-state index in [0.717, 1.165) is 25.7 Å². The second-order valence-electron chi connectivity index (χ2n) is 4.03. The number of hydrogen-bond acceptors (Lipinski definition) is 3. The van der Waals surface area contributed by atoms with Gasteiger partial charge in [0.15, 0.2) is 0 Å². The van der Waals surface area contributed by atoms with Crippen LogP contribution in [0.15, 0.2) is 0 Å². The summed E-state index contributed by atoms with van der Waals surface area (Å²) < 4.78 is 0. The first-order valence-electron chi connectivity index (χ1n) is 5.85. The van der Waals surface area contributed by atoms with Crippen molar-refractivity contribution >= 4 is 5.91 Å². The minimum Gasteiger partial charge on any atom is -0.354 e. The summed E-state index contributed by atoms with van der Waals surface area (Å²) in [7, 11) is 0. The molecule has 0 bridgehead atoms. The molecular weight excluding hydrogens is 190 g/mol. The van der Waals surface area contributed by atoms with E-state index in [1.165, 1.54) is 0 Å². The summed E-state index contributed by atoms with van der Waals surface area (Å²) in [5.41, 5.74) is 10.7. The molecule has 0 heterocycles. The van der Waals surface area contributed by atoms with Gasteiger partial charge in [0.05, 0.1) is 5.41 Å². The molecule has 15 heavy (non-hydrogen) atoms. The first-order chi connectivity index (χ1) is 7.16. The van der Waals surface area contributed by atoms with Gasteiger partial charge in [-0.25, -0.2) is 0 Å². The molecule has 0 saturated carbocycles. The molecule has 90 valence electrons. The smallest absolute Gasteiger partial charge is 0.227 e. The molecule has 0 atom stereocenters. The highest BCUT2D eigenvalue weighted by Gasteiger charge is 2.34. The Hall–Kier alpha value is -0.610. The Morgan fingerprint density at radius 1 is 1.20 bits per heavy atom. The summed E-state index contributed by atoms with van der Waals surface area (Å²) in [5, 5.41) is 2.85. The van der Waals surface area contributed by atoms with Crippen LogP contribution in [0, 0.1) is 5.41 Å². The van der Waals surface area contributed by atoms with Crippen LogP contribution in [0.1, 0.15) is 39.5 Å². The second-order valence-corrected chi connectivity index (χ2v) is 4.03. The van der Waals surface area contributed by atoms with E-state index >= 15 is 0 Å². The molecule has 4 nitrogen and oxygen atoms in total. The van der Waals surface area contributed by atoms with Gasteiger partial charge < -0.3 is 16.8 Å². The van der Waals surface area contributed by atoms with E-state index in [4.69, 9.17) is 11.5 Å². The van der Waals surface area contributed by atoms with Gasteiger partial charge in [-0.05, 0) is 12.8 Å². The maximum Gasteiger partial charge on any atom is 0.227 e. The van der Waals surface area contributed by atoms with Gasteiger partial charge in [0.25, 0.3) is 0 Å². The molecule has 0 aromatic rings. The molecule has 4 heteroatoms. The molecule has 1 amide bonds. The van der Waals surface area contributed by atoms with Gasteiger partial charge in [0, 0.05) is 19.6 Å². The van der Waals surface area contributed by atoms with Crippen molar-refractivity contribution in [1.29, 1.82) is 0 Å². The average Bonchev–Trinajstić information content (AvgIpc) is 2.25. The van der Waals surface area contributed by atoms with Crippen LogP contribution in [-0.4, -0.2) is 25.5 Å². The fourth-order valence-electron chi connectivity index (χ4n) is 1.98. The Bertz CT molecular complexity index is 177. The molecule has 0 rings (SSSR count). The van der Waals surface area contributed by atoms with Crippen LogP contribution < -0.4 is 16.8 Å². The van der Waals surface area contributed by atoms with Crippen LogP contribution in [0.5, 0.6) is 0 Å². The van der Waals surface area contributed by atoms with Crippen LogP contribution in [0.2, 0.25) is 0 Å². The van der Waals surface area contributed by atoms with Crippen molar-refractivity contribution in [3.8, 4) is 0 Å². The molecular formula is C11H25N3O. The third-order valence-corrected chi connectivity index (χ3v) is 2.76.